The van der Waals surface area contributed by atoms with Crippen LogP contribution in [0, 0.1) is 11.8 Å². The smallest absolute Gasteiger partial charge is 0.334 e. The van der Waals surface area contributed by atoms with E-state index in [-0.39, 0.29) is 36.9 Å². The molecule has 0 aromatic carbocycles. The van der Waals surface area contributed by atoms with Crippen molar-refractivity contribution in [2.75, 3.05) is 6.61 Å². The Morgan fingerprint density at radius 3 is 2.85 bits per heavy atom. The second kappa shape index (κ2) is 8.94. The van der Waals surface area contributed by atoms with Crippen LogP contribution in [0.2, 0.25) is 0 Å². The molecule has 1 heterocycles. The summed E-state index contributed by atoms with van der Waals surface area (Å²) in [6, 6.07) is 0. The van der Waals surface area contributed by atoms with Crippen LogP contribution in [0.25, 0.3) is 0 Å². The largest absolute Gasteiger partial charge is 0.461 e. The molecule has 3 atom stereocenters. The zero-order valence-corrected chi connectivity index (χ0v) is 15.3. The van der Waals surface area contributed by atoms with Gasteiger partial charge in [-0.05, 0) is 36.0 Å². The van der Waals surface area contributed by atoms with Crippen molar-refractivity contribution in [1.82, 2.24) is 0 Å². The van der Waals surface area contributed by atoms with Gasteiger partial charge in [-0.1, -0.05) is 26.5 Å². The van der Waals surface area contributed by atoms with Crippen LogP contribution in [-0.4, -0.2) is 42.1 Å². The molecule has 0 amide bonds. The molecule has 1 aliphatic carbocycles. The molecule has 6 heteroatoms. The van der Waals surface area contributed by atoms with E-state index in [0.717, 1.165) is 6.29 Å². The maximum absolute atomic E-state index is 12.2. The fourth-order valence-electron chi connectivity index (χ4n) is 3.28. The van der Waals surface area contributed by atoms with Gasteiger partial charge in [0.1, 0.15) is 18.5 Å². The highest BCUT2D eigenvalue weighted by molar-refractivity contribution is 5.91. The number of rotatable bonds is 5. The molecule has 3 unspecified atom stereocenters. The molecule has 26 heavy (non-hydrogen) atoms. The lowest BCUT2D eigenvalue weighted by Crippen LogP contribution is -2.34. The van der Waals surface area contributed by atoms with Crippen LogP contribution in [0.15, 0.2) is 35.5 Å². The summed E-state index contributed by atoms with van der Waals surface area (Å²) < 4.78 is 11.0. The van der Waals surface area contributed by atoms with Crippen LogP contribution in [-0.2, 0) is 23.9 Å². The summed E-state index contributed by atoms with van der Waals surface area (Å²) in [4.78, 5) is 35.7. The summed E-state index contributed by atoms with van der Waals surface area (Å²) >= 11 is 0. The Balaban J connectivity index is 2.38. The molecule has 1 fully saturated rings. The molecule has 0 saturated carbocycles. The van der Waals surface area contributed by atoms with Gasteiger partial charge < -0.3 is 14.6 Å². The van der Waals surface area contributed by atoms with E-state index >= 15 is 0 Å². The molecule has 0 aromatic rings. The van der Waals surface area contributed by atoms with E-state index in [9.17, 15) is 19.5 Å². The monoisotopic (exact) mass is 362 g/mol. The summed E-state index contributed by atoms with van der Waals surface area (Å²) in [7, 11) is 0. The van der Waals surface area contributed by atoms with E-state index in [1.807, 2.05) is 13.8 Å². The minimum Gasteiger partial charge on any atom is -0.461 e. The maximum atomic E-state index is 12.2. The van der Waals surface area contributed by atoms with E-state index in [1.54, 1.807) is 12.2 Å². The highest BCUT2D eigenvalue weighted by atomic mass is 16.6. The fraction of sp³-hybridized carbons (Fsp3) is 0.550. The molecular weight excluding hydrogens is 336 g/mol. The van der Waals surface area contributed by atoms with Crippen molar-refractivity contribution in [3.05, 3.63) is 35.5 Å². The molecule has 1 aliphatic heterocycles. The van der Waals surface area contributed by atoms with Gasteiger partial charge in [-0.2, -0.15) is 0 Å². The minimum atomic E-state index is -0.726. The van der Waals surface area contributed by atoms with Crippen molar-refractivity contribution in [2.45, 2.75) is 51.7 Å². The number of esters is 2. The standard InChI is InChI=1S/C20H26O6/c1-12(2)7-18(23)25-16-8-14(10-21)5-4-6-15(11-22)9-17-19(16)13(3)20(24)26-17/h5,9-10,12,16-17,19,22H,3-4,6-8,11H2,1-2H3/b14-5?,15-9-. The van der Waals surface area contributed by atoms with Gasteiger partial charge in [-0.3, -0.25) is 9.59 Å². The van der Waals surface area contributed by atoms with E-state index in [1.165, 1.54) is 0 Å². The van der Waals surface area contributed by atoms with Crippen LogP contribution >= 0.6 is 0 Å². The van der Waals surface area contributed by atoms with Crippen LogP contribution in [0.3, 0.4) is 0 Å². The molecule has 142 valence electrons. The maximum Gasteiger partial charge on any atom is 0.334 e. The van der Waals surface area contributed by atoms with Gasteiger partial charge in [0.2, 0.25) is 0 Å². The third-order valence-electron chi connectivity index (χ3n) is 4.58. The SMILES string of the molecule is C=C1C(=O)OC2/C=C(\CO)CCC=C(C=O)CC(OC(=O)CC(C)C)C12. The summed E-state index contributed by atoms with van der Waals surface area (Å²) in [5.41, 5.74) is 1.42. The first-order valence-electron chi connectivity index (χ1n) is 8.89. The lowest BCUT2D eigenvalue weighted by Gasteiger charge is -2.27. The van der Waals surface area contributed by atoms with Crippen LogP contribution in [0.4, 0.5) is 0 Å². The molecule has 0 spiro atoms. The topological polar surface area (TPSA) is 89.9 Å². The van der Waals surface area contributed by atoms with E-state index in [2.05, 4.69) is 6.58 Å². The highest BCUT2D eigenvalue weighted by Crippen LogP contribution is 2.36. The number of aliphatic hydroxyl groups excluding tert-OH is 1. The molecule has 2 aliphatic rings. The van der Waals surface area contributed by atoms with Gasteiger partial charge in [-0.15, -0.1) is 0 Å². The van der Waals surface area contributed by atoms with Gasteiger partial charge in [-0.25, -0.2) is 4.79 Å². The van der Waals surface area contributed by atoms with Crippen molar-refractivity contribution in [3.63, 3.8) is 0 Å². The molecule has 2 rings (SSSR count). The van der Waals surface area contributed by atoms with Crippen LogP contribution in [0.5, 0.6) is 0 Å². The van der Waals surface area contributed by atoms with Crippen molar-refractivity contribution in [3.8, 4) is 0 Å². The van der Waals surface area contributed by atoms with Gasteiger partial charge in [0.05, 0.1) is 12.5 Å². The van der Waals surface area contributed by atoms with Crippen molar-refractivity contribution < 1.29 is 29.0 Å². The third-order valence-corrected chi connectivity index (χ3v) is 4.58. The first-order chi connectivity index (χ1) is 12.3. The second-order valence-electron chi connectivity index (χ2n) is 7.17. The average Bonchev–Trinajstić information content (AvgIpc) is 2.85. The summed E-state index contributed by atoms with van der Waals surface area (Å²) in [5.74, 6) is -1.38. The Bertz CT molecular complexity index is 643. The predicted octanol–water partition coefficient (Wildman–Crippen LogP) is 2.27. The summed E-state index contributed by atoms with van der Waals surface area (Å²) in [6.07, 6.45) is 4.40. The van der Waals surface area contributed by atoms with Crippen LogP contribution < -0.4 is 0 Å². The van der Waals surface area contributed by atoms with Gasteiger partial charge in [0.25, 0.3) is 0 Å². The molecule has 6 nitrogen and oxygen atoms in total. The number of aliphatic hydroxyl groups is 1. The normalized spacial score (nSPS) is 28.5. The van der Waals surface area contributed by atoms with Gasteiger partial charge in [0.15, 0.2) is 0 Å². The Hall–Kier alpha value is -2.21. The Morgan fingerprint density at radius 1 is 1.50 bits per heavy atom. The predicted molar refractivity (Wildman–Crippen MR) is 95.0 cm³/mol. The molecule has 0 radical (unpaired) electrons. The Morgan fingerprint density at radius 2 is 2.23 bits per heavy atom. The van der Waals surface area contributed by atoms with E-state index < -0.39 is 24.1 Å². The third kappa shape index (κ3) is 4.91. The Kier molecular flexibility index (Phi) is 6.91. The number of fused-ring (bicyclic) bond motifs is 1. The van der Waals surface area contributed by atoms with Gasteiger partial charge >= 0.3 is 11.9 Å². The number of allylic oxidation sites excluding steroid dienone is 1. The molecule has 0 aromatic heterocycles. The summed E-state index contributed by atoms with van der Waals surface area (Å²) in [5, 5.41) is 9.55. The second-order valence-corrected chi connectivity index (χ2v) is 7.17. The van der Waals surface area contributed by atoms with E-state index in [0.29, 0.717) is 24.0 Å². The quantitative estimate of drug-likeness (QED) is 0.349. The Labute approximate surface area is 153 Å². The number of hydrogen-bond donors (Lipinski definition) is 1. The zero-order valence-electron chi connectivity index (χ0n) is 15.3. The summed E-state index contributed by atoms with van der Waals surface area (Å²) in [6.45, 7) is 7.45. The number of carbonyl (C=O) groups is 3. The zero-order chi connectivity index (χ0) is 19.3. The van der Waals surface area contributed by atoms with E-state index in [4.69, 9.17) is 9.47 Å². The first-order valence-corrected chi connectivity index (χ1v) is 8.89. The van der Waals surface area contributed by atoms with Crippen molar-refractivity contribution in [2.24, 2.45) is 11.8 Å². The molecule has 1 N–H and O–H groups in total. The van der Waals surface area contributed by atoms with Crippen molar-refractivity contribution >= 4 is 18.2 Å². The molecular formula is C20H26O6. The lowest BCUT2D eigenvalue weighted by atomic mass is 9.85. The van der Waals surface area contributed by atoms with Crippen LogP contribution in [0.1, 0.15) is 39.5 Å². The lowest BCUT2D eigenvalue weighted by molar-refractivity contribution is -0.153. The minimum absolute atomic E-state index is 0.129. The van der Waals surface area contributed by atoms with Crippen molar-refractivity contribution in [1.29, 1.82) is 0 Å². The van der Waals surface area contributed by atoms with Gasteiger partial charge in [0, 0.05) is 18.4 Å². The number of hydrogen-bond acceptors (Lipinski definition) is 6. The molecule has 0 bridgehead atoms. The number of aldehydes is 1. The highest BCUT2D eigenvalue weighted by Gasteiger charge is 2.44. The number of ether oxygens (including phenoxy) is 2. The molecule has 1 saturated heterocycles. The number of carbonyl (C=O) groups excluding carboxylic acids is 3. The fourth-order valence-corrected chi connectivity index (χ4v) is 3.28. The average molecular weight is 362 g/mol. The first kappa shape index (κ1) is 20.1.